The van der Waals surface area contributed by atoms with E-state index in [0.717, 1.165) is 27.7 Å². The number of nitrogen functional groups attached to an aromatic ring is 1. The van der Waals surface area contributed by atoms with Crippen molar-refractivity contribution in [2.24, 2.45) is 12.5 Å². The van der Waals surface area contributed by atoms with Gasteiger partial charge in [0.1, 0.15) is 5.75 Å². The molecule has 0 fully saturated rings. The van der Waals surface area contributed by atoms with Crippen molar-refractivity contribution in [3.63, 3.8) is 0 Å². The number of ether oxygens (including phenoxy) is 1. The molecule has 6 nitrogen and oxygen atoms in total. The first-order chi connectivity index (χ1) is 14.6. The van der Waals surface area contributed by atoms with Crippen molar-refractivity contribution in [3.05, 3.63) is 70.8 Å². The lowest BCUT2D eigenvalue weighted by atomic mass is 9.96. The van der Waals surface area contributed by atoms with Gasteiger partial charge in [-0.2, -0.15) is 0 Å². The highest BCUT2D eigenvalue weighted by Gasteiger charge is 2.18. The molecule has 0 saturated heterocycles. The maximum Gasteiger partial charge on any atom is 0.328 e. The molecule has 2 heterocycles. The van der Waals surface area contributed by atoms with Gasteiger partial charge in [0.25, 0.3) is 0 Å². The number of rotatable bonds is 4. The number of imidazole rings is 1. The van der Waals surface area contributed by atoms with E-state index in [9.17, 15) is 4.79 Å². The first-order valence-corrected chi connectivity index (χ1v) is 10.3. The van der Waals surface area contributed by atoms with Crippen LogP contribution in [-0.2, 0) is 13.6 Å². The molecule has 0 spiro atoms. The Kier molecular flexibility index (Phi) is 5.09. The van der Waals surface area contributed by atoms with Gasteiger partial charge in [0, 0.05) is 19.8 Å². The number of pyridine rings is 1. The summed E-state index contributed by atoms with van der Waals surface area (Å²) in [6.45, 7) is 9.13. The van der Waals surface area contributed by atoms with Crippen LogP contribution in [0, 0.1) is 12.3 Å². The van der Waals surface area contributed by atoms with Crippen molar-refractivity contribution in [3.8, 4) is 22.8 Å². The highest BCUT2D eigenvalue weighted by Crippen LogP contribution is 2.33. The molecule has 0 amide bonds. The molecule has 0 saturated carbocycles. The molecule has 0 radical (unpaired) electrons. The second-order valence-corrected chi connectivity index (χ2v) is 9.17. The first kappa shape index (κ1) is 20.7. The average Bonchev–Trinajstić information content (AvgIpc) is 2.94. The fourth-order valence-electron chi connectivity index (χ4n) is 3.78. The molecular formula is C25H28N4O2. The molecule has 4 aromatic rings. The van der Waals surface area contributed by atoms with E-state index in [4.69, 9.17) is 10.5 Å². The number of hydrogen-bond donors (Lipinski definition) is 1. The molecule has 31 heavy (non-hydrogen) atoms. The summed E-state index contributed by atoms with van der Waals surface area (Å²) in [5.41, 5.74) is 11.5. The Hall–Kier alpha value is -3.54. The predicted octanol–water partition coefficient (Wildman–Crippen LogP) is 5.13. The quantitative estimate of drug-likeness (QED) is 0.500. The van der Waals surface area contributed by atoms with Crippen LogP contribution in [-0.4, -0.2) is 14.1 Å². The molecule has 160 valence electrons. The number of nitrogens with zero attached hydrogens (tertiary/aromatic N) is 3. The Morgan fingerprint density at radius 1 is 1.06 bits per heavy atom. The van der Waals surface area contributed by atoms with Gasteiger partial charge in [-0.3, -0.25) is 9.13 Å². The molecule has 2 N–H and O–H groups in total. The van der Waals surface area contributed by atoms with Crippen LogP contribution in [0.5, 0.6) is 11.6 Å². The maximum atomic E-state index is 12.9. The lowest BCUT2D eigenvalue weighted by molar-refractivity contribution is 0.342. The van der Waals surface area contributed by atoms with Crippen LogP contribution in [0.1, 0.15) is 26.3 Å². The molecule has 0 atom stereocenters. The molecular weight excluding hydrogens is 388 g/mol. The number of benzene rings is 2. The Labute approximate surface area is 181 Å². The number of nitrogens with two attached hydrogens (primary N) is 1. The van der Waals surface area contributed by atoms with E-state index < -0.39 is 0 Å². The van der Waals surface area contributed by atoms with Crippen LogP contribution in [0.25, 0.3) is 22.2 Å². The van der Waals surface area contributed by atoms with Gasteiger partial charge in [-0.1, -0.05) is 32.9 Å². The number of anilines is 1. The summed E-state index contributed by atoms with van der Waals surface area (Å²) in [4.78, 5) is 17.1. The predicted molar refractivity (Wildman–Crippen MR) is 126 cm³/mol. The van der Waals surface area contributed by atoms with E-state index >= 15 is 0 Å². The van der Waals surface area contributed by atoms with Crippen molar-refractivity contribution in [2.45, 2.75) is 34.2 Å². The Bertz CT molecular complexity index is 1330. The van der Waals surface area contributed by atoms with Crippen molar-refractivity contribution in [2.75, 3.05) is 5.73 Å². The van der Waals surface area contributed by atoms with E-state index in [1.165, 1.54) is 0 Å². The van der Waals surface area contributed by atoms with Crippen molar-refractivity contribution in [1.82, 2.24) is 14.1 Å². The van der Waals surface area contributed by atoms with Crippen molar-refractivity contribution < 1.29 is 4.74 Å². The molecule has 0 aliphatic carbocycles. The monoisotopic (exact) mass is 416 g/mol. The normalized spacial score (nSPS) is 11.8. The average molecular weight is 417 g/mol. The lowest BCUT2D eigenvalue weighted by Gasteiger charge is -2.18. The van der Waals surface area contributed by atoms with Gasteiger partial charge in [0.2, 0.25) is 5.88 Å². The Balaban J connectivity index is 1.78. The zero-order valence-electron chi connectivity index (χ0n) is 18.6. The third-order valence-corrected chi connectivity index (χ3v) is 5.31. The summed E-state index contributed by atoms with van der Waals surface area (Å²) in [6, 6.07) is 15.6. The lowest BCUT2D eigenvalue weighted by Crippen LogP contribution is -2.27. The van der Waals surface area contributed by atoms with E-state index in [1.807, 2.05) is 35.9 Å². The Morgan fingerprint density at radius 2 is 1.84 bits per heavy atom. The standard InChI is InChI=1S/C25H28N4O2/c1-16-8-10-18(31-23-20(26)7-6-12-27-23)14-19(16)17-9-11-21-22(13-17)28(5)24(30)29(21)15-25(2,3)4/h6-14H,15,26H2,1-5H3. The zero-order chi connectivity index (χ0) is 22.3. The van der Waals surface area contributed by atoms with Gasteiger partial charge in [-0.05, 0) is 65.4 Å². The molecule has 0 aliphatic rings. The minimum Gasteiger partial charge on any atom is -0.437 e. The van der Waals surface area contributed by atoms with Crippen molar-refractivity contribution in [1.29, 1.82) is 0 Å². The molecule has 0 unspecified atom stereocenters. The second kappa shape index (κ2) is 7.61. The number of hydrogen-bond acceptors (Lipinski definition) is 4. The number of aryl methyl sites for hydroxylation is 2. The SMILES string of the molecule is Cc1ccc(Oc2ncccc2N)cc1-c1ccc2c(c1)n(C)c(=O)n2CC(C)(C)C. The first-order valence-electron chi connectivity index (χ1n) is 10.3. The van der Waals surface area contributed by atoms with Crippen LogP contribution in [0.3, 0.4) is 0 Å². The minimum absolute atomic E-state index is 0.00140. The molecule has 2 aromatic carbocycles. The van der Waals surface area contributed by atoms with E-state index in [0.29, 0.717) is 23.9 Å². The fourth-order valence-corrected chi connectivity index (χ4v) is 3.78. The van der Waals surface area contributed by atoms with Gasteiger partial charge < -0.3 is 10.5 Å². The van der Waals surface area contributed by atoms with Gasteiger partial charge >= 0.3 is 5.69 Å². The van der Waals surface area contributed by atoms with Crippen LogP contribution in [0.15, 0.2) is 59.5 Å². The number of fused-ring (bicyclic) bond motifs is 1. The van der Waals surface area contributed by atoms with Crippen LogP contribution < -0.4 is 16.2 Å². The van der Waals surface area contributed by atoms with Gasteiger partial charge in [0.05, 0.1) is 16.7 Å². The van der Waals surface area contributed by atoms with Gasteiger partial charge in [0.15, 0.2) is 0 Å². The topological polar surface area (TPSA) is 75.1 Å². The van der Waals surface area contributed by atoms with Gasteiger partial charge in [-0.15, -0.1) is 0 Å². The van der Waals surface area contributed by atoms with Crippen LogP contribution in [0.4, 0.5) is 5.69 Å². The summed E-state index contributed by atoms with van der Waals surface area (Å²) in [6.07, 6.45) is 1.65. The summed E-state index contributed by atoms with van der Waals surface area (Å²) in [7, 11) is 1.82. The third kappa shape index (κ3) is 4.06. The third-order valence-electron chi connectivity index (χ3n) is 5.31. The van der Waals surface area contributed by atoms with Crippen LogP contribution in [0.2, 0.25) is 0 Å². The highest BCUT2D eigenvalue weighted by atomic mass is 16.5. The van der Waals surface area contributed by atoms with E-state index in [-0.39, 0.29) is 11.1 Å². The minimum atomic E-state index is 0.00140. The van der Waals surface area contributed by atoms with E-state index in [2.05, 4.69) is 44.8 Å². The zero-order valence-corrected chi connectivity index (χ0v) is 18.6. The molecule has 0 bridgehead atoms. The van der Waals surface area contributed by atoms with E-state index in [1.54, 1.807) is 22.9 Å². The maximum absolute atomic E-state index is 12.9. The Morgan fingerprint density at radius 3 is 2.55 bits per heavy atom. The second-order valence-electron chi connectivity index (χ2n) is 9.17. The smallest absolute Gasteiger partial charge is 0.328 e. The highest BCUT2D eigenvalue weighted by molar-refractivity contribution is 5.84. The number of aromatic nitrogens is 3. The molecule has 2 aromatic heterocycles. The van der Waals surface area contributed by atoms with Crippen LogP contribution >= 0.6 is 0 Å². The summed E-state index contributed by atoms with van der Waals surface area (Å²) < 4.78 is 9.49. The molecule has 0 aliphatic heterocycles. The fraction of sp³-hybridized carbons (Fsp3) is 0.280. The molecule has 6 heteroatoms. The molecule has 4 rings (SSSR count). The van der Waals surface area contributed by atoms with Crippen molar-refractivity contribution >= 4 is 16.7 Å². The van der Waals surface area contributed by atoms with Gasteiger partial charge in [-0.25, -0.2) is 9.78 Å². The summed E-state index contributed by atoms with van der Waals surface area (Å²) in [5, 5.41) is 0. The summed E-state index contributed by atoms with van der Waals surface area (Å²) >= 11 is 0. The largest absolute Gasteiger partial charge is 0.437 e. The summed E-state index contributed by atoms with van der Waals surface area (Å²) in [5.74, 6) is 1.04.